The zero-order valence-corrected chi connectivity index (χ0v) is 32.0. The lowest BCUT2D eigenvalue weighted by Gasteiger charge is -2.33. The molecule has 0 saturated carbocycles. The minimum absolute atomic E-state index is 0.0755. The van der Waals surface area contributed by atoms with Gasteiger partial charge in [0, 0.05) is 87.5 Å². The van der Waals surface area contributed by atoms with Crippen molar-refractivity contribution in [3.63, 3.8) is 0 Å². The molecule has 2 aliphatic rings. The highest BCUT2D eigenvalue weighted by Crippen LogP contribution is 2.36. The Morgan fingerprint density at radius 1 is 0.667 bits per heavy atom. The summed E-state index contributed by atoms with van der Waals surface area (Å²) in [5, 5.41) is 16.2. The van der Waals surface area contributed by atoms with Crippen molar-refractivity contribution in [2.45, 2.75) is 25.7 Å². The van der Waals surface area contributed by atoms with E-state index in [2.05, 4.69) is 46.8 Å². The second-order valence-corrected chi connectivity index (χ2v) is 13.9. The topological polar surface area (TPSA) is 147 Å². The number of alkyl halides is 6. The lowest BCUT2D eigenvalue weighted by Crippen LogP contribution is -2.49. The standard InChI is InChI=1S/C21H21F3N4O3.C19H17F3N4O3/c1-13-11-27(8-7-25-13)15-4-6-19-26-16(10-20(29)28(19)12-15)14-3-5-17(30-2)18(9-14)31-21(22,23)24;20-19(21,22)29-16-9-12(1-3-15(16)27)14-10-18(28)26-11-13(2-4-17(26)24-14)25-7-5-23-6-8-25/h3-6,9-10,12-13,25H,7-8,11H2,1-2H3;1-4,9-11,23,27H,5-8H2/t13-;/m0./s1. The molecular formula is C40H38F6N8O6. The third-order valence-corrected chi connectivity index (χ3v) is 9.67. The van der Waals surface area contributed by atoms with Gasteiger partial charge in [-0.05, 0) is 67.6 Å². The molecule has 0 unspecified atom stereocenters. The smallest absolute Gasteiger partial charge is 0.504 e. The number of phenolic OH excluding ortho intramolecular Hbond substituents is 1. The number of hydrogen-bond donors (Lipinski definition) is 3. The van der Waals surface area contributed by atoms with E-state index in [1.54, 1.807) is 24.5 Å². The van der Waals surface area contributed by atoms with Crippen LogP contribution >= 0.6 is 0 Å². The van der Waals surface area contributed by atoms with Gasteiger partial charge in [0.2, 0.25) is 0 Å². The van der Waals surface area contributed by atoms with E-state index in [0.717, 1.165) is 75.4 Å². The fourth-order valence-electron chi connectivity index (χ4n) is 6.86. The number of phenols is 1. The molecular weight excluding hydrogens is 802 g/mol. The molecule has 0 amide bonds. The van der Waals surface area contributed by atoms with E-state index < -0.39 is 30.0 Å². The van der Waals surface area contributed by atoms with Crippen LogP contribution in [0, 0.1) is 0 Å². The maximum atomic E-state index is 12.8. The number of rotatable bonds is 7. The Morgan fingerprint density at radius 2 is 1.18 bits per heavy atom. The molecule has 8 rings (SSSR count). The normalized spacial score (nSPS) is 16.0. The average molecular weight is 841 g/mol. The van der Waals surface area contributed by atoms with E-state index in [0.29, 0.717) is 22.9 Å². The van der Waals surface area contributed by atoms with Crippen LogP contribution in [-0.4, -0.2) is 95.6 Å². The summed E-state index contributed by atoms with van der Waals surface area (Å²) in [6.07, 6.45) is -6.39. The van der Waals surface area contributed by atoms with Gasteiger partial charge in [-0.3, -0.25) is 18.4 Å². The third kappa shape index (κ3) is 9.83. The number of fused-ring (bicyclic) bond motifs is 2. The van der Waals surface area contributed by atoms with E-state index in [9.17, 15) is 41.0 Å². The van der Waals surface area contributed by atoms with Crippen molar-refractivity contribution >= 4 is 22.7 Å². The van der Waals surface area contributed by atoms with Crippen molar-refractivity contribution in [2.24, 2.45) is 0 Å². The number of anilines is 2. The highest BCUT2D eigenvalue weighted by atomic mass is 19.4. The summed E-state index contributed by atoms with van der Waals surface area (Å²) in [6.45, 7) is 7.94. The van der Waals surface area contributed by atoms with Crippen LogP contribution in [0.4, 0.5) is 37.7 Å². The summed E-state index contributed by atoms with van der Waals surface area (Å²) in [5.74, 6) is -2.00. The number of pyridine rings is 2. The van der Waals surface area contributed by atoms with Crippen molar-refractivity contribution in [1.29, 1.82) is 0 Å². The molecule has 4 aromatic heterocycles. The first-order chi connectivity index (χ1) is 28.5. The zero-order valence-electron chi connectivity index (χ0n) is 32.0. The van der Waals surface area contributed by atoms with E-state index in [1.807, 2.05) is 12.1 Å². The Kier molecular flexibility index (Phi) is 11.8. The molecule has 6 aromatic rings. The summed E-state index contributed by atoms with van der Waals surface area (Å²) in [5.41, 5.74) is 2.78. The molecule has 0 bridgehead atoms. The minimum atomic E-state index is -4.95. The van der Waals surface area contributed by atoms with Crippen LogP contribution in [0.25, 0.3) is 33.8 Å². The second-order valence-electron chi connectivity index (χ2n) is 13.9. The summed E-state index contributed by atoms with van der Waals surface area (Å²) < 4.78 is 91.3. The molecule has 2 saturated heterocycles. The van der Waals surface area contributed by atoms with Gasteiger partial charge in [0.1, 0.15) is 11.3 Å². The number of benzene rings is 2. The summed E-state index contributed by atoms with van der Waals surface area (Å²) in [6, 6.07) is 17.5. The zero-order chi connectivity index (χ0) is 42.8. The SMILES string of the molecule is COc1ccc(-c2cc(=O)n3cc(N4CCN[C@@H](C)C4)ccc3n2)cc1OC(F)(F)F.O=c1cc(-c2ccc(O)c(OC(F)(F)F)c2)nc2ccc(N3CCNCC3)cn12. The van der Waals surface area contributed by atoms with E-state index in [4.69, 9.17) is 4.74 Å². The molecule has 2 fully saturated rings. The lowest BCUT2D eigenvalue weighted by molar-refractivity contribution is -0.276. The van der Waals surface area contributed by atoms with Crippen molar-refractivity contribution in [3.05, 3.63) is 106 Å². The van der Waals surface area contributed by atoms with Gasteiger partial charge in [0.05, 0.1) is 29.9 Å². The molecule has 0 radical (unpaired) electrons. The number of aromatic hydroxyl groups is 1. The van der Waals surface area contributed by atoms with Gasteiger partial charge in [-0.2, -0.15) is 0 Å². The van der Waals surface area contributed by atoms with E-state index in [-0.39, 0.29) is 33.8 Å². The molecule has 6 heterocycles. The molecule has 14 nitrogen and oxygen atoms in total. The lowest BCUT2D eigenvalue weighted by atomic mass is 10.1. The summed E-state index contributed by atoms with van der Waals surface area (Å²) in [7, 11) is 1.25. The maximum absolute atomic E-state index is 12.8. The maximum Gasteiger partial charge on any atom is 0.573 e. The van der Waals surface area contributed by atoms with Gasteiger partial charge in [-0.15, -0.1) is 26.3 Å². The number of ether oxygens (including phenoxy) is 3. The quantitative estimate of drug-likeness (QED) is 0.176. The number of aromatic nitrogens is 4. The first-order valence-electron chi connectivity index (χ1n) is 18.6. The van der Waals surface area contributed by atoms with Crippen molar-refractivity contribution in [1.82, 2.24) is 29.4 Å². The number of halogens is 6. The minimum Gasteiger partial charge on any atom is -0.504 e. The largest absolute Gasteiger partial charge is 0.573 e. The van der Waals surface area contributed by atoms with Crippen LogP contribution in [0.5, 0.6) is 23.0 Å². The number of piperazine rings is 2. The second kappa shape index (κ2) is 17.0. The predicted molar refractivity (Wildman–Crippen MR) is 210 cm³/mol. The van der Waals surface area contributed by atoms with Crippen LogP contribution in [0.1, 0.15) is 6.92 Å². The highest BCUT2D eigenvalue weighted by molar-refractivity contribution is 5.67. The Labute approximate surface area is 337 Å². The third-order valence-electron chi connectivity index (χ3n) is 9.67. The number of nitrogens with one attached hydrogen (secondary N) is 2. The summed E-state index contributed by atoms with van der Waals surface area (Å²) >= 11 is 0. The molecule has 2 aromatic carbocycles. The van der Waals surface area contributed by atoms with Crippen molar-refractivity contribution in [2.75, 3.05) is 62.7 Å². The average Bonchev–Trinajstić information content (AvgIpc) is 3.21. The number of methoxy groups -OCH3 is 1. The van der Waals surface area contributed by atoms with Crippen LogP contribution in [0.2, 0.25) is 0 Å². The first kappa shape index (κ1) is 41.6. The molecule has 20 heteroatoms. The predicted octanol–water partition coefficient (Wildman–Crippen LogP) is 5.44. The van der Waals surface area contributed by atoms with Crippen LogP contribution in [0.3, 0.4) is 0 Å². The Balaban J connectivity index is 0.000000182. The van der Waals surface area contributed by atoms with Crippen LogP contribution in [0.15, 0.2) is 94.8 Å². The number of hydrogen-bond acceptors (Lipinski definition) is 12. The van der Waals surface area contributed by atoms with E-state index in [1.165, 1.54) is 46.2 Å². The van der Waals surface area contributed by atoms with Crippen LogP contribution in [-0.2, 0) is 0 Å². The highest BCUT2D eigenvalue weighted by Gasteiger charge is 2.33. The van der Waals surface area contributed by atoms with Crippen molar-refractivity contribution in [3.8, 4) is 45.5 Å². The first-order valence-corrected chi connectivity index (χ1v) is 18.6. The van der Waals surface area contributed by atoms with Gasteiger partial charge < -0.3 is 39.8 Å². The van der Waals surface area contributed by atoms with E-state index >= 15 is 0 Å². The van der Waals surface area contributed by atoms with Crippen molar-refractivity contribution < 1.29 is 45.7 Å². The monoisotopic (exact) mass is 840 g/mol. The molecule has 2 aliphatic heterocycles. The fraction of sp³-hybridized carbons (Fsp3) is 0.300. The molecule has 1 atom stereocenters. The Bertz CT molecular complexity index is 2630. The van der Waals surface area contributed by atoms with Gasteiger partial charge in [-0.1, -0.05) is 0 Å². The molecule has 0 aliphatic carbocycles. The van der Waals surface area contributed by atoms with Gasteiger partial charge in [0.15, 0.2) is 23.0 Å². The fourth-order valence-corrected chi connectivity index (χ4v) is 6.86. The molecule has 60 heavy (non-hydrogen) atoms. The van der Waals surface area contributed by atoms with Gasteiger partial charge >= 0.3 is 12.7 Å². The van der Waals surface area contributed by atoms with Gasteiger partial charge in [0.25, 0.3) is 11.1 Å². The Hall–Kier alpha value is -6.54. The number of nitrogens with zero attached hydrogens (tertiary/aromatic N) is 6. The Morgan fingerprint density at radius 3 is 1.73 bits per heavy atom. The molecule has 0 spiro atoms. The molecule has 316 valence electrons. The van der Waals surface area contributed by atoms with Gasteiger partial charge in [-0.25, -0.2) is 9.97 Å². The molecule has 3 N–H and O–H groups in total. The summed E-state index contributed by atoms with van der Waals surface area (Å²) in [4.78, 5) is 38.5. The van der Waals surface area contributed by atoms with Crippen LogP contribution < -0.4 is 45.8 Å².